The predicted molar refractivity (Wildman–Crippen MR) is 159 cm³/mol. The molecule has 4 aromatic carbocycles. The molecular formula is C34H31F2N5. The second kappa shape index (κ2) is 10.6. The van der Waals surface area contributed by atoms with Gasteiger partial charge in [0.25, 0.3) is 0 Å². The molecule has 0 bridgehead atoms. The molecule has 7 heteroatoms. The molecule has 206 valence electrons. The fourth-order valence-corrected chi connectivity index (χ4v) is 6.38. The van der Waals surface area contributed by atoms with Crippen LogP contribution in [0.3, 0.4) is 0 Å². The van der Waals surface area contributed by atoms with E-state index in [1.54, 1.807) is 24.3 Å². The van der Waals surface area contributed by atoms with Gasteiger partial charge < -0.3 is 4.57 Å². The minimum atomic E-state index is -0.261. The van der Waals surface area contributed by atoms with Crippen molar-refractivity contribution in [3.63, 3.8) is 0 Å². The molecule has 0 spiro atoms. The van der Waals surface area contributed by atoms with E-state index in [0.717, 1.165) is 65.8 Å². The molecule has 1 fully saturated rings. The Hall–Kier alpha value is -4.36. The molecule has 41 heavy (non-hydrogen) atoms. The van der Waals surface area contributed by atoms with Crippen molar-refractivity contribution >= 4 is 21.9 Å². The Morgan fingerprint density at radius 2 is 1.61 bits per heavy atom. The molecule has 6 aromatic rings. The minimum absolute atomic E-state index is 0.216. The van der Waals surface area contributed by atoms with Gasteiger partial charge in [-0.1, -0.05) is 54.6 Å². The third kappa shape index (κ3) is 4.80. The van der Waals surface area contributed by atoms with Gasteiger partial charge in [-0.15, -0.1) is 0 Å². The summed E-state index contributed by atoms with van der Waals surface area (Å²) in [5.74, 6) is 0.931. The van der Waals surface area contributed by atoms with E-state index in [-0.39, 0.29) is 11.6 Å². The van der Waals surface area contributed by atoms with Gasteiger partial charge in [0.15, 0.2) is 0 Å². The topological polar surface area (TPSA) is 38.9 Å². The SMILES string of the molecule is Cn1nc(-c2ccccc2F)c2cccc(CN3CCC(c4nc5ccccc5n4Cc4cccc(F)c4)CC3)c21. The number of aryl methyl sites for hydroxylation is 1. The summed E-state index contributed by atoms with van der Waals surface area (Å²) in [5, 5.41) is 5.69. The maximum absolute atomic E-state index is 14.6. The first kappa shape index (κ1) is 25.6. The Kier molecular flexibility index (Phi) is 6.59. The van der Waals surface area contributed by atoms with Crippen LogP contribution in [0.15, 0.2) is 91.0 Å². The first-order chi connectivity index (χ1) is 20.0. The lowest BCUT2D eigenvalue weighted by atomic mass is 9.95. The summed E-state index contributed by atoms with van der Waals surface area (Å²) in [4.78, 5) is 7.55. The Morgan fingerprint density at radius 3 is 2.44 bits per heavy atom. The fourth-order valence-electron chi connectivity index (χ4n) is 6.38. The van der Waals surface area contributed by atoms with E-state index in [1.165, 1.54) is 17.7 Å². The molecule has 0 saturated carbocycles. The maximum atomic E-state index is 14.6. The highest BCUT2D eigenvalue weighted by molar-refractivity contribution is 5.95. The van der Waals surface area contributed by atoms with Crippen LogP contribution in [0, 0.1) is 11.6 Å². The van der Waals surface area contributed by atoms with E-state index in [0.29, 0.717) is 23.7 Å². The third-order valence-corrected chi connectivity index (χ3v) is 8.34. The second-order valence-corrected chi connectivity index (χ2v) is 11.0. The van der Waals surface area contributed by atoms with Crippen LogP contribution in [0.5, 0.6) is 0 Å². The summed E-state index contributed by atoms with van der Waals surface area (Å²) in [7, 11) is 1.94. The van der Waals surface area contributed by atoms with Crippen LogP contribution >= 0.6 is 0 Å². The summed E-state index contributed by atoms with van der Waals surface area (Å²) in [6, 6.07) is 28.1. The number of nitrogens with zero attached hydrogens (tertiary/aromatic N) is 5. The monoisotopic (exact) mass is 547 g/mol. The lowest BCUT2D eigenvalue weighted by Gasteiger charge is -2.32. The molecule has 1 aliphatic rings. The molecule has 0 aliphatic carbocycles. The average Bonchev–Trinajstić information content (AvgIpc) is 3.52. The van der Waals surface area contributed by atoms with E-state index in [4.69, 9.17) is 10.1 Å². The zero-order valence-corrected chi connectivity index (χ0v) is 23.0. The first-order valence-corrected chi connectivity index (χ1v) is 14.2. The highest BCUT2D eigenvalue weighted by Crippen LogP contribution is 2.34. The quantitative estimate of drug-likeness (QED) is 0.220. The number of hydrogen-bond donors (Lipinski definition) is 0. The minimum Gasteiger partial charge on any atom is -0.323 e. The molecule has 5 nitrogen and oxygen atoms in total. The lowest BCUT2D eigenvalue weighted by molar-refractivity contribution is 0.201. The molecule has 7 rings (SSSR count). The largest absolute Gasteiger partial charge is 0.323 e. The number of hydrogen-bond acceptors (Lipinski definition) is 3. The van der Waals surface area contributed by atoms with Crippen molar-refractivity contribution in [2.24, 2.45) is 7.05 Å². The molecule has 0 unspecified atom stereocenters. The Bertz CT molecular complexity index is 1860. The van der Waals surface area contributed by atoms with Crippen molar-refractivity contribution in [2.45, 2.75) is 31.8 Å². The number of rotatable bonds is 6. The number of benzene rings is 4. The van der Waals surface area contributed by atoms with E-state index in [1.807, 2.05) is 48.1 Å². The molecular weight excluding hydrogens is 516 g/mol. The van der Waals surface area contributed by atoms with Crippen LogP contribution < -0.4 is 0 Å². The molecule has 3 heterocycles. The van der Waals surface area contributed by atoms with Gasteiger partial charge in [-0.05, 0) is 73.5 Å². The third-order valence-electron chi connectivity index (χ3n) is 8.34. The van der Waals surface area contributed by atoms with Crippen LogP contribution in [-0.2, 0) is 20.1 Å². The molecule has 0 atom stereocenters. The van der Waals surface area contributed by atoms with Crippen LogP contribution in [0.1, 0.15) is 35.7 Å². The number of para-hydroxylation sites is 3. The summed E-state index contributed by atoms with van der Waals surface area (Å²) in [6.45, 7) is 3.30. The zero-order valence-electron chi connectivity index (χ0n) is 23.0. The van der Waals surface area contributed by atoms with E-state index in [9.17, 15) is 8.78 Å². The number of imidazole rings is 1. The number of aromatic nitrogens is 4. The van der Waals surface area contributed by atoms with Gasteiger partial charge in [0.05, 0.1) is 16.6 Å². The van der Waals surface area contributed by atoms with Gasteiger partial charge in [-0.2, -0.15) is 5.10 Å². The Morgan fingerprint density at radius 1 is 0.829 bits per heavy atom. The Labute approximate surface area is 237 Å². The van der Waals surface area contributed by atoms with Gasteiger partial charge in [0.1, 0.15) is 23.2 Å². The van der Waals surface area contributed by atoms with Crippen molar-refractivity contribution in [1.82, 2.24) is 24.2 Å². The van der Waals surface area contributed by atoms with Gasteiger partial charge in [-0.25, -0.2) is 13.8 Å². The molecule has 0 radical (unpaired) electrons. The first-order valence-electron chi connectivity index (χ1n) is 14.2. The number of fused-ring (bicyclic) bond motifs is 2. The van der Waals surface area contributed by atoms with Crippen molar-refractivity contribution < 1.29 is 8.78 Å². The van der Waals surface area contributed by atoms with Crippen molar-refractivity contribution in [2.75, 3.05) is 13.1 Å². The zero-order chi connectivity index (χ0) is 27.9. The second-order valence-electron chi connectivity index (χ2n) is 11.0. The standard InChI is InChI=1S/C34H31F2N5/c1-39-33-25(9-7-12-28(33)32(38-39)27-11-2-3-13-29(27)36)22-40-18-16-24(17-19-40)34-37-30-14-4-5-15-31(30)41(34)21-23-8-6-10-26(35)20-23/h2-15,20,24H,16-19,21-22H2,1H3. The lowest BCUT2D eigenvalue weighted by Crippen LogP contribution is -2.33. The molecule has 1 aliphatic heterocycles. The van der Waals surface area contributed by atoms with Crippen LogP contribution in [0.2, 0.25) is 0 Å². The summed E-state index contributed by atoms with van der Waals surface area (Å²) in [5.41, 5.74) is 6.45. The molecule has 0 N–H and O–H groups in total. The summed E-state index contributed by atoms with van der Waals surface area (Å²) in [6.07, 6.45) is 1.99. The smallest absolute Gasteiger partial charge is 0.132 e. The number of piperidine rings is 1. The highest BCUT2D eigenvalue weighted by Gasteiger charge is 2.26. The number of halogens is 2. The predicted octanol–water partition coefficient (Wildman–Crippen LogP) is 7.30. The van der Waals surface area contributed by atoms with Crippen LogP contribution in [-0.4, -0.2) is 37.3 Å². The number of likely N-dealkylation sites (tertiary alicyclic amines) is 1. The molecule has 2 aromatic heterocycles. The molecule has 1 saturated heterocycles. The van der Waals surface area contributed by atoms with E-state index in [2.05, 4.69) is 27.7 Å². The fraction of sp³-hybridized carbons (Fsp3) is 0.235. The van der Waals surface area contributed by atoms with E-state index < -0.39 is 0 Å². The van der Waals surface area contributed by atoms with Crippen LogP contribution in [0.4, 0.5) is 8.78 Å². The Balaban J connectivity index is 1.13. The summed E-state index contributed by atoms with van der Waals surface area (Å²) < 4.78 is 32.7. The van der Waals surface area contributed by atoms with Gasteiger partial charge in [-0.3, -0.25) is 9.58 Å². The maximum Gasteiger partial charge on any atom is 0.132 e. The average molecular weight is 548 g/mol. The highest BCUT2D eigenvalue weighted by atomic mass is 19.1. The molecule has 0 amide bonds. The van der Waals surface area contributed by atoms with Gasteiger partial charge in [0, 0.05) is 37.0 Å². The van der Waals surface area contributed by atoms with Crippen molar-refractivity contribution in [3.05, 3.63) is 120 Å². The van der Waals surface area contributed by atoms with Gasteiger partial charge in [0.2, 0.25) is 0 Å². The van der Waals surface area contributed by atoms with Crippen molar-refractivity contribution in [1.29, 1.82) is 0 Å². The summed E-state index contributed by atoms with van der Waals surface area (Å²) >= 11 is 0. The van der Waals surface area contributed by atoms with Crippen molar-refractivity contribution in [3.8, 4) is 11.3 Å². The van der Waals surface area contributed by atoms with Crippen LogP contribution in [0.25, 0.3) is 33.2 Å². The van der Waals surface area contributed by atoms with Gasteiger partial charge >= 0.3 is 0 Å². The normalized spacial score (nSPS) is 14.8. The van der Waals surface area contributed by atoms with E-state index >= 15 is 0 Å².